The molecule has 0 radical (unpaired) electrons. The van der Waals surface area contributed by atoms with Crippen molar-refractivity contribution in [3.8, 4) is 0 Å². The number of carbonyl (C=O) groups excluding carboxylic acids is 1. The zero-order chi connectivity index (χ0) is 19.8. The van der Waals surface area contributed by atoms with Gasteiger partial charge in [-0.15, -0.1) is 11.6 Å². The predicted octanol–water partition coefficient (Wildman–Crippen LogP) is 1.69. The molecule has 2 aliphatic heterocycles. The highest BCUT2D eigenvalue weighted by Crippen LogP contribution is 2.39. The number of carbonyl (C=O) groups is 1. The molecule has 0 aliphatic carbocycles. The molecule has 3 rings (SSSR count). The van der Waals surface area contributed by atoms with Crippen molar-refractivity contribution in [1.82, 2.24) is 10.4 Å². The monoisotopic (exact) mass is 414 g/mol. The molecule has 148 valence electrons. The Morgan fingerprint density at radius 2 is 2.22 bits per heavy atom. The second-order valence-corrected chi connectivity index (χ2v) is 9.02. The van der Waals surface area contributed by atoms with E-state index in [4.69, 9.17) is 16.3 Å². The van der Waals surface area contributed by atoms with Crippen LogP contribution in [0, 0.1) is 6.92 Å². The van der Waals surface area contributed by atoms with Gasteiger partial charge in [-0.2, -0.15) is 5.01 Å². The summed E-state index contributed by atoms with van der Waals surface area (Å²) >= 11 is 5.71. The lowest BCUT2D eigenvalue weighted by molar-refractivity contribution is -0.0465. The number of ether oxygens (including phenoxy) is 1. The van der Waals surface area contributed by atoms with Gasteiger partial charge in [-0.05, 0) is 37.1 Å². The first-order valence-electron chi connectivity index (χ1n) is 8.78. The lowest BCUT2D eigenvalue weighted by Gasteiger charge is -2.32. The fourth-order valence-corrected chi connectivity index (χ4v) is 5.38. The quantitative estimate of drug-likeness (QED) is 0.540. The average Bonchev–Trinajstić information content (AvgIpc) is 3.03. The number of ketones is 1. The van der Waals surface area contributed by atoms with Crippen LogP contribution in [0.2, 0.25) is 0 Å². The number of nitrogens with zero attached hydrogens (tertiary/aromatic N) is 1. The van der Waals surface area contributed by atoms with Gasteiger partial charge in [0.1, 0.15) is 0 Å². The zero-order valence-corrected chi connectivity index (χ0v) is 16.8. The van der Waals surface area contributed by atoms with Gasteiger partial charge in [0.05, 0.1) is 23.4 Å². The van der Waals surface area contributed by atoms with Crippen LogP contribution in [0.15, 0.2) is 29.3 Å². The third-order valence-corrected chi connectivity index (χ3v) is 6.98. The molecule has 9 heteroatoms. The van der Waals surface area contributed by atoms with Crippen molar-refractivity contribution >= 4 is 27.2 Å². The van der Waals surface area contributed by atoms with E-state index in [0.29, 0.717) is 24.1 Å². The Labute approximate surface area is 163 Å². The molecule has 7 nitrogen and oxygen atoms in total. The first kappa shape index (κ1) is 20.3. The maximum Gasteiger partial charge on any atom is 0.220 e. The Morgan fingerprint density at radius 1 is 1.48 bits per heavy atom. The van der Waals surface area contributed by atoms with Crippen molar-refractivity contribution in [2.24, 2.45) is 0 Å². The van der Waals surface area contributed by atoms with Crippen LogP contribution in [0.5, 0.6) is 0 Å². The van der Waals surface area contributed by atoms with Crippen molar-refractivity contribution in [2.45, 2.75) is 37.0 Å². The third-order valence-electron chi connectivity index (χ3n) is 5.03. The fraction of sp³-hybridized carbons (Fsp3) is 0.500. The van der Waals surface area contributed by atoms with Crippen LogP contribution in [0.3, 0.4) is 0 Å². The Morgan fingerprint density at radius 3 is 2.89 bits per heavy atom. The van der Waals surface area contributed by atoms with E-state index in [1.165, 1.54) is 29.4 Å². The number of hydrogen-bond acceptors (Lipinski definition) is 7. The van der Waals surface area contributed by atoms with E-state index in [1.807, 2.05) is 0 Å². The molecule has 1 aromatic carbocycles. The number of hydrazine groups is 1. The lowest BCUT2D eigenvalue weighted by Crippen LogP contribution is -2.54. The second kappa shape index (κ2) is 7.52. The molecule has 0 saturated carbocycles. The lowest BCUT2D eigenvalue weighted by atomic mass is 9.90. The number of aliphatic hydroxyl groups is 1. The van der Waals surface area contributed by atoms with E-state index in [1.54, 1.807) is 13.8 Å². The summed E-state index contributed by atoms with van der Waals surface area (Å²) in [4.78, 5) is 13.3. The highest BCUT2D eigenvalue weighted by atomic mass is 35.5. The maximum absolute atomic E-state index is 13.1. The summed E-state index contributed by atoms with van der Waals surface area (Å²) in [6.07, 6.45) is 2.74. The van der Waals surface area contributed by atoms with Gasteiger partial charge in [0.15, 0.2) is 9.84 Å². The highest BCUT2D eigenvalue weighted by Gasteiger charge is 2.44. The van der Waals surface area contributed by atoms with E-state index in [2.05, 4.69) is 5.43 Å². The summed E-state index contributed by atoms with van der Waals surface area (Å²) in [6, 6.07) is 2.91. The van der Waals surface area contributed by atoms with Crippen molar-refractivity contribution in [3.63, 3.8) is 0 Å². The molecule has 2 N–H and O–H groups in total. The summed E-state index contributed by atoms with van der Waals surface area (Å²) in [5.41, 5.74) is 2.25. The van der Waals surface area contributed by atoms with Crippen LogP contribution in [-0.2, 0) is 14.6 Å². The summed E-state index contributed by atoms with van der Waals surface area (Å²) in [5, 5.41) is 12.3. The smallest absolute Gasteiger partial charge is 0.220 e. The predicted molar refractivity (Wildman–Crippen MR) is 101 cm³/mol. The minimum absolute atomic E-state index is 0.0140. The van der Waals surface area contributed by atoms with Gasteiger partial charge in [-0.3, -0.25) is 4.79 Å². The summed E-state index contributed by atoms with van der Waals surface area (Å²) in [7, 11) is -3.44. The van der Waals surface area contributed by atoms with Crippen LogP contribution in [0.4, 0.5) is 0 Å². The summed E-state index contributed by atoms with van der Waals surface area (Å²) < 4.78 is 30.7. The van der Waals surface area contributed by atoms with E-state index >= 15 is 0 Å². The fourth-order valence-electron chi connectivity index (χ4n) is 3.65. The van der Waals surface area contributed by atoms with Crippen molar-refractivity contribution in [3.05, 3.63) is 41.1 Å². The largest absolute Gasteiger partial charge is 0.372 e. The first-order valence-corrected chi connectivity index (χ1v) is 11.0. The van der Waals surface area contributed by atoms with E-state index < -0.39 is 27.4 Å². The average molecular weight is 415 g/mol. The first-order chi connectivity index (χ1) is 12.8. The van der Waals surface area contributed by atoms with Crippen LogP contribution < -0.4 is 5.43 Å². The molecule has 0 amide bonds. The van der Waals surface area contributed by atoms with Gasteiger partial charge in [-0.1, -0.05) is 6.92 Å². The standard InChI is InChI=1S/C18H23ClN2O5S/c1-3-21-18(23,7-9-20-21)17(22)13-4-5-15-16(12(13)2)14(26-10-8-19)6-11-27(15,24)25/h4-5,7,9,14,20,23H,3,6,8,10-11H2,1-2H3. The Bertz CT molecular complexity index is 886. The van der Waals surface area contributed by atoms with Gasteiger partial charge in [0, 0.05) is 29.8 Å². The van der Waals surface area contributed by atoms with Gasteiger partial charge in [-0.25, -0.2) is 8.42 Å². The van der Waals surface area contributed by atoms with Crippen molar-refractivity contribution in [2.75, 3.05) is 24.8 Å². The number of nitrogens with one attached hydrogen (secondary N) is 1. The normalized spacial score (nSPS) is 26.6. The van der Waals surface area contributed by atoms with E-state index in [-0.39, 0.29) is 28.7 Å². The number of rotatable bonds is 6. The summed E-state index contributed by atoms with van der Waals surface area (Å²) in [6.45, 7) is 4.18. The van der Waals surface area contributed by atoms with Crippen molar-refractivity contribution < 1.29 is 23.1 Å². The van der Waals surface area contributed by atoms with E-state index in [9.17, 15) is 18.3 Å². The zero-order valence-electron chi connectivity index (χ0n) is 15.2. The molecule has 2 heterocycles. The molecule has 0 saturated heterocycles. The van der Waals surface area contributed by atoms with Crippen LogP contribution >= 0.6 is 11.6 Å². The molecule has 1 aromatic rings. The Kier molecular flexibility index (Phi) is 5.65. The minimum atomic E-state index is -3.44. The molecule has 0 bridgehead atoms. The molecular weight excluding hydrogens is 392 g/mol. The number of fused-ring (bicyclic) bond motifs is 1. The molecule has 0 aromatic heterocycles. The maximum atomic E-state index is 13.1. The van der Waals surface area contributed by atoms with Crippen LogP contribution in [0.1, 0.15) is 40.9 Å². The SMILES string of the molecule is CCN1NC=CC1(O)C(=O)c1ccc2c(c1C)C(OCCCl)CCS2(=O)=O. The minimum Gasteiger partial charge on any atom is -0.372 e. The summed E-state index contributed by atoms with van der Waals surface area (Å²) in [5.74, 6) is -0.248. The van der Waals surface area contributed by atoms with Gasteiger partial charge in [0.25, 0.3) is 0 Å². The highest BCUT2D eigenvalue weighted by molar-refractivity contribution is 7.91. The van der Waals surface area contributed by atoms with E-state index in [0.717, 1.165) is 0 Å². The number of Topliss-reactive ketones (excluding diaryl/α,β-unsaturated/α-hetero) is 1. The van der Waals surface area contributed by atoms with Gasteiger partial charge in [0.2, 0.25) is 11.5 Å². The topological polar surface area (TPSA) is 95.9 Å². The Hall–Kier alpha value is -1.45. The number of sulfone groups is 1. The molecule has 0 spiro atoms. The number of benzene rings is 1. The molecule has 2 unspecified atom stereocenters. The number of alkyl halides is 1. The van der Waals surface area contributed by atoms with Gasteiger partial charge >= 0.3 is 0 Å². The third kappa shape index (κ3) is 3.40. The molecule has 27 heavy (non-hydrogen) atoms. The Balaban J connectivity index is 2.09. The number of halogens is 1. The van der Waals surface area contributed by atoms with Crippen molar-refractivity contribution in [1.29, 1.82) is 0 Å². The number of likely N-dealkylation sites (N-methyl/N-ethyl adjacent to an activating group) is 1. The molecule has 2 atom stereocenters. The van der Waals surface area contributed by atoms with Gasteiger partial charge < -0.3 is 15.3 Å². The number of hydrogen-bond donors (Lipinski definition) is 2. The molecule has 0 fully saturated rings. The molecular formula is C18H23ClN2O5S. The molecule has 2 aliphatic rings. The second-order valence-electron chi connectivity index (χ2n) is 6.57. The van der Waals surface area contributed by atoms with Crippen LogP contribution in [0.25, 0.3) is 0 Å². The van der Waals surface area contributed by atoms with Crippen LogP contribution in [-0.4, -0.2) is 54.8 Å².